The van der Waals surface area contributed by atoms with Gasteiger partial charge in [-0.15, -0.1) is 0 Å². The van der Waals surface area contributed by atoms with Crippen molar-refractivity contribution >= 4 is 25.5 Å². The van der Waals surface area contributed by atoms with Crippen LogP contribution >= 0.6 is 7.82 Å². The number of carbonyl (C=O) groups is 3. The van der Waals surface area contributed by atoms with Crippen LogP contribution in [0.25, 0.3) is 0 Å². The Balaban J connectivity index is 4.42. The zero-order chi connectivity index (χ0) is 40.2. The molecule has 0 amide bonds. The number of phosphoric acid groups is 1. The van der Waals surface area contributed by atoms with Gasteiger partial charge in [0.05, 0.1) is 27.7 Å². The molecule has 0 fully saturated rings. The summed E-state index contributed by atoms with van der Waals surface area (Å²) < 4.78 is 34.2. The van der Waals surface area contributed by atoms with E-state index in [1.54, 1.807) is 6.08 Å². The van der Waals surface area contributed by atoms with Gasteiger partial charge in [0.15, 0.2) is 11.9 Å². The molecule has 0 heterocycles. The summed E-state index contributed by atoms with van der Waals surface area (Å²) in [5, 5.41) is 0. The number of ether oxygens (including phenoxy) is 2. The summed E-state index contributed by atoms with van der Waals surface area (Å²) in [5.74, 6) is -0.675. The van der Waals surface area contributed by atoms with Gasteiger partial charge in [0, 0.05) is 19.3 Å². The average molecular weight is 787 g/mol. The molecule has 0 aliphatic heterocycles. The second kappa shape index (κ2) is 35.6. The van der Waals surface area contributed by atoms with Gasteiger partial charge >= 0.3 is 19.8 Å². The maximum Gasteiger partial charge on any atom is 0.472 e. The fraction of sp³-hybridized carbons (Fsp3) is 0.837. The molecule has 0 aliphatic carbocycles. The molecule has 0 saturated heterocycles. The zero-order valence-electron chi connectivity index (χ0n) is 35.2. The van der Waals surface area contributed by atoms with Gasteiger partial charge in [0.1, 0.15) is 19.8 Å². The fourth-order valence-electron chi connectivity index (χ4n) is 5.76. The summed E-state index contributed by atoms with van der Waals surface area (Å²) in [4.78, 5) is 47.0. The van der Waals surface area contributed by atoms with E-state index in [2.05, 4.69) is 19.9 Å². The Morgan fingerprint density at radius 2 is 1.09 bits per heavy atom. The first kappa shape index (κ1) is 52.2. The van der Waals surface area contributed by atoms with Gasteiger partial charge in [-0.1, -0.05) is 148 Å². The van der Waals surface area contributed by atoms with E-state index in [9.17, 15) is 23.8 Å². The van der Waals surface area contributed by atoms with Gasteiger partial charge < -0.3 is 18.9 Å². The highest BCUT2D eigenvalue weighted by Gasteiger charge is 2.27. The molecule has 0 bridgehead atoms. The van der Waals surface area contributed by atoms with Crippen LogP contribution in [0.1, 0.15) is 181 Å². The summed E-state index contributed by atoms with van der Waals surface area (Å²) in [6, 6.07) is 0. The Bertz CT molecular complexity index is 1040. The molecule has 0 aromatic rings. The first-order valence-electron chi connectivity index (χ1n) is 21.5. The number of esters is 2. The average Bonchev–Trinajstić information content (AvgIpc) is 3.11. The second-order valence-corrected chi connectivity index (χ2v) is 17.2. The van der Waals surface area contributed by atoms with E-state index in [-0.39, 0.29) is 31.8 Å². The highest BCUT2D eigenvalue weighted by atomic mass is 31.2. The van der Waals surface area contributed by atoms with E-state index in [1.807, 2.05) is 33.3 Å². The molecule has 0 radical (unpaired) electrons. The Morgan fingerprint density at radius 1 is 0.611 bits per heavy atom. The van der Waals surface area contributed by atoms with Crippen molar-refractivity contribution in [2.45, 2.75) is 187 Å². The molecule has 0 rings (SSSR count). The van der Waals surface area contributed by atoms with Crippen molar-refractivity contribution in [3.05, 3.63) is 24.3 Å². The lowest BCUT2D eigenvalue weighted by Gasteiger charge is -2.24. The van der Waals surface area contributed by atoms with Gasteiger partial charge in [-0.2, -0.15) is 0 Å². The van der Waals surface area contributed by atoms with Crippen molar-refractivity contribution in [1.82, 2.24) is 0 Å². The molecule has 0 saturated carbocycles. The lowest BCUT2D eigenvalue weighted by molar-refractivity contribution is -0.870. The summed E-state index contributed by atoms with van der Waals surface area (Å²) in [6.07, 6.45) is 33.4. The number of allylic oxidation sites excluding steroid dienone is 4. The van der Waals surface area contributed by atoms with Gasteiger partial charge in [0.25, 0.3) is 0 Å². The topological polar surface area (TPSA) is 125 Å². The maximum absolute atomic E-state index is 12.7. The largest absolute Gasteiger partial charge is 0.472 e. The molecular formula is C43H81NO9P+. The molecule has 0 spiro atoms. The number of rotatable bonds is 39. The van der Waals surface area contributed by atoms with Gasteiger partial charge in [0.2, 0.25) is 0 Å². The minimum atomic E-state index is -4.39. The van der Waals surface area contributed by atoms with E-state index < -0.39 is 32.5 Å². The van der Waals surface area contributed by atoms with Crippen LogP contribution in [0.4, 0.5) is 0 Å². The van der Waals surface area contributed by atoms with Crippen LogP contribution in [0, 0.1) is 0 Å². The molecular weight excluding hydrogens is 705 g/mol. The fourth-order valence-corrected chi connectivity index (χ4v) is 6.50. The lowest BCUT2D eigenvalue weighted by atomic mass is 10.0. The van der Waals surface area contributed by atoms with E-state index in [1.165, 1.54) is 64.2 Å². The Morgan fingerprint density at radius 3 is 1.65 bits per heavy atom. The molecule has 0 aromatic carbocycles. The van der Waals surface area contributed by atoms with Gasteiger partial charge in [-0.3, -0.25) is 23.4 Å². The van der Waals surface area contributed by atoms with Crippen LogP contribution in [-0.4, -0.2) is 80.7 Å². The van der Waals surface area contributed by atoms with E-state index >= 15 is 0 Å². The number of phosphoric ester groups is 1. The number of quaternary nitrogens is 1. The summed E-state index contributed by atoms with van der Waals surface area (Å²) >= 11 is 0. The Hall–Kier alpha value is -1.84. The summed E-state index contributed by atoms with van der Waals surface area (Å²) in [5.41, 5.74) is 0. The molecule has 1 unspecified atom stereocenters. The SMILES string of the molecule is CCCCCCCCCCCCCCCCC(=O)O[C@H](COC(=O)CCCCCCC/C=C\C=C\C(=O)CCCCC)COP(=O)(O)OCC[N+](C)(C)C. The number of nitrogens with zero attached hydrogens (tertiary/aromatic N) is 1. The Kier molecular flexibility index (Phi) is 34.4. The highest BCUT2D eigenvalue weighted by molar-refractivity contribution is 7.47. The first-order chi connectivity index (χ1) is 25.9. The molecule has 2 atom stereocenters. The van der Waals surface area contributed by atoms with Crippen LogP contribution in [0.15, 0.2) is 24.3 Å². The van der Waals surface area contributed by atoms with Crippen molar-refractivity contribution in [3.8, 4) is 0 Å². The number of hydrogen-bond donors (Lipinski definition) is 1. The minimum absolute atomic E-state index is 0.0192. The van der Waals surface area contributed by atoms with Crippen molar-refractivity contribution in [1.29, 1.82) is 0 Å². The first-order valence-corrected chi connectivity index (χ1v) is 23.0. The molecule has 0 aliphatic rings. The van der Waals surface area contributed by atoms with Crippen molar-refractivity contribution in [2.24, 2.45) is 0 Å². The van der Waals surface area contributed by atoms with Crippen molar-refractivity contribution < 1.29 is 46.8 Å². The highest BCUT2D eigenvalue weighted by Crippen LogP contribution is 2.43. The zero-order valence-corrected chi connectivity index (χ0v) is 36.1. The number of carbonyl (C=O) groups excluding carboxylic acids is 3. The smallest absolute Gasteiger partial charge is 0.462 e. The number of unbranched alkanes of at least 4 members (excludes halogenated alkanes) is 20. The third kappa shape index (κ3) is 38.4. The normalized spacial score (nSPS) is 13.7. The number of hydrogen-bond acceptors (Lipinski definition) is 8. The van der Waals surface area contributed by atoms with Crippen LogP contribution < -0.4 is 0 Å². The van der Waals surface area contributed by atoms with E-state index in [0.717, 1.165) is 70.6 Å². The third-order valence-electron chi connectivity index (χ3n) is 9.21. The number of ketones is 1. The molecule has 54 heavy (non-hydrogen) atoms. The quantitative estimate of drug-likeness (QED) is 0.0162. The van der Waals surface area contributed by atoms with Crippen LogP contribution in [0.2, 0.25) is 0 Å². The minimum Gasteiger partial charge on any atom is -0.462 e. The molecule has 0 aromatic heterocycles. The maximum atomic E-state index is 12.7. The molecule has 316 valence electrons. The van der Waals surface area contributed by atoms with E-state index in [0.29, 0.717) is 30.3 Å². The van der Waals surface area contributed by atoms with Crippen molar-refractivity contribution in [3.63, 3.8) is 0 Å². The van der Waals surface area contributed by atoms with Gasteiger partial charge in [-0.05, 0) is 38.2 Å². The van der Waals surface area contributed by atoms with Gasteiger partial charge in [-0.25, -0.2) is 4.57 Å². The lowest BCUT2D eigenvalue weighted by Crippen LogP contribution is -2.37. The molecule has 11 heteroatoms. The third-order valence-corrected chi connectivity index (χ3v) is 10.2. The molecule has 1 N–H and O–H groups in total. The van der Waals surface area contributed by atoms with Crippen molar-refractivity contribution in [2.75, 3.05) is 47.5 Å². The standard InChI is InChI=1S/C43H80NO9P/c1-6-8-10-11-12-13-14-15-16-17-20-24-27-31-35-43(47)53-41(39-52-54(48,49)51-37-36-44(3,4)5)38-50-42(46)34-30-26-23-21-18-19-22-25-29-33-40(45)32-28-9-7-2/h22,25,29,33,41H,6-21,23-24,26-28,30-32,34-39H2,1-5H3/p+1/b25-22-,33-29+/t41-/m1/s1. The predicted octanol–water partition coefficient (Wildman–Crippen LogP) is 11.1. The molecule has 10 nitrogen and oxygen atoms in total. The summed E-state index contributed by atoms with van der Waals surface area (Å²) in [6.45, 7) is 4.22. The van der Waals surface area contributed by atoms with Crippen LogP contribution in [-0.2, 0) is 37.5 Å². The van der Waals surface area contributed by atoms with E-state index in [4.69, 9.17) is 18.5 Å². The van der Waals surface area contributed by atoms with Crippen LogP contribution in [0.3, 0.4) is 0 Å². The monoisotopic (exact) mass is 787 g/mol. The summed E-state index contributed by atoms with van der Waals surface area (Å²) in [7, 11) is 1.43. The second-order valence-electron chi connectivity index (χ2n) is 15.8. The predicted molar refractivity (Wildman–Crippen MR) is 220 cm³/mol. The van der Waals surface area contributed by atoms with Crippen LogP contribution in [0.5, 0.6) is 0 Å². The number of likely N-dealkylation sites (N-methyl/N-ethyl adjacent to an activating group) is 1. The Labute approximate surface area is 330 Å².